The number of phenolic OH excluding ortho intramolecular Hbond substituents is 1. The summed E-state index contributed by atoms with van der Waals surface area (Å²) in [6.45, 7) is 5.61. The molecule has 106 valence electrons. The number of halogens is 1. The van der Waals surface area contributed by atoms with Crippen LogP contribution in [0, 0.1) is 19.7 Å². The van der Waals surface area contributed by atoms with E-state index in [1.54, 1.807) is 0 Å². The van der Waals surface area contributed by atoms with Crippen LogP contribution >= 0.6 is 11.3 Å². The van der Waals surface area contributed by atoms with Crippen LogP contribution < -0.4 is 5.32 Å². The Hall–Kier alpha value is -1.95. The van der Waals surface area contributed by atoms with Crippen molar-refractivity contribution < 1.29 is 14.3 Å². The molecule has 0 aliphatic rings. The highest BCUT2D eigenvalue weighted by atomic mass is 32.1. The van der Waals surface area contributed by atoms with E-state index < -0.39 is 11.7 Å². The van der Waals surface area contributed by atoms with Crippen molar-refractivity contribution in [1.29, 1.82) is 0 Å². The van der Waals surface area contributed by atoms with Crippen molar-refractivity contribution in [3.05, 3.63) is 45.2 Å². The largest absolute Gasteiger partial charge is 0.508 e. The number of nitrogens with one attached hydrogen (secondary N) is 1. The van der Waals surface area contributed by atoms with Crippen molar-refractivity contribution in [2.24, 2.45) is 0 Å². The molecule has 1 aromatic carbocycles. The van der Waals surface area contributed by atoms with E-state index in [0.29, 0.717) is 0 Å². The van der Waals surface area contributed by atoms with Gasteiger partial charge in [-0.25, -0.2) is 9.37 Å². The maximum atomic E-state index is 13.6. The van der Waals surface area contributed by atoms with Crippen LogP contribution in [0.15, 0.2) is 18.2 Å². The van der Waals surface area contributed by atoms with E-state index in [9.17, 15) is 9.18 Å². The van der Waals surface area contributed by atoms with Gasteiger partial charge in [0.25, 0.3) is 5.91 Å². The molecule has 0 saturated carbocycles. The van der Waals surface area contributed by atoms with Crippen molar-refractivity contribution in [1.82, 2.24) is 10.3 Å². The number of phenols is 1. The molecule has 4 nitrogen and oxygen atoms in total. The average molecular weight is 294 g/mol. The molecule has 6 heteroatoms. The fourth-order valence-corrected chi connectivity index (χ4v) is 2.91. The zero-order valence-electron chi connectivity index (χ0n) is 11.4. The molecule has 2 aromatic rings. The molecular weight excluding hydrogens is 279 g/mol. The first-order valence-electron chi connectivity index (χ1n) is 6.11. The summed E-state index contributed by atoms with van der Waals surface area (Å²) >= 11 is 1.51. The minimum atomic E-state index is -0.744. The number of benzene rings is 1. The third-order valence-electron chi connectivity index (χ3n) is 2.88. The maximum absolute atomic E-state index is 13.6. The van der Waals surface area contributed by atoms with E-state index in [1.807, 2.05) is 20.8 Å². The van der Waals surface area contributed by atoms with Crippen LogP contribution in [-0.4, -0.2) is 16.0 Å². The second-order valence-corrected chi connectivity index (χ2v) is 5.78. The molecule has 0 fully saturated rings. The van der Waals surface area contributed by atoms with Gasteiger partial charge in [-0.2, -0.15) is 0 Å². The topological polar surface area (TPSA) is 62.2 Å². The number of nitrogens with zero attached hydrogens (tertiary/aromatic N) is 1. The third-order valence-corrected chi connectivity index (χ3v) is 4.13. The highest BCUT2D eigenvalue weighted by Gasteiger charge is 2.18. The van der Waals surface area contributed by atoms with Crippen molar-refractivity contribution in [2.45, 2.75) is 26.8 Å². The third kappa shape index (κ3) is 2.96. The highest BCUT2D eigenvalue weighted by molar-refractivity contribution is 7.11. The summed E-state index contributed by atoms with van der Waals surface area (Å²) in [5.41, 5.74) is 0.778. The normalized spacial score (nSPS) is 12.2. The van der Waals surface area contributed by atoms with Gasteiger partial charge in [0.2, 0.25) is 0 Å². The Kier molecular flexibility index (Phi) is 4.04. The number of carbonyl (C=O) groups is 1. The number of carbonyl (C=O) groups excluding carboxylic acids is 1. The lowest BCUT2D eigenvalue weighted by Crippen LogP contribution is -2.27. The quantitative estimate of drug-likeness (QED) is 0.914. The molecule has 0 aliphatic carbocycles. The Morgan fingerprint density at radius 2 is 2.15 bits per heavy atom. The lowest BCUT2D eigenvalue weighted by molar-refractivity contribution is 0.0936. The van der Waals surface area contributed by atoms with Gasteiger partial charge in [0.15, 0.2) is 0 Å². The summed E-state index contributed by atoms with van der Waals surface area (Å²) in [6, 6.07) is 3.21. The molecule has 1 amide bonds. The van der Waals surface area contributed by atoms with Gasteiger partial charge in [-0.05, 0) is 32.9 Å². The molecule has 1 heterocycles. The van der Waals surface area contributed by atoms with Gasteiger partial charge < -0.3 is 10.4 Å². The number of aromatic nitrogens is 1. The van der Waals surface area contributed by atoms with Crippen LogP contribution in [-0.2, 0) is 0 Å². The number of rotatable bonds is 3. The van der Waals surface area contributed by atoms with Gasteiger partial charge >= 0.3 is 0 Å². The van der Waals surface area contributed by atoms with Crippen LogP contribution in [0.5, 0.6) is 5.75 Å². The molecule has 0 saturated heterocycles. The second-order valence-electron chi connectivity index (χ2n) is 4.54. The fraction of sp³-hybridized carbons (Fsp3) is 0.286. The predicted molar refractivity (Wildman–Crippen MR) is 75.5 cm³/mol. The summed E-state index contributed by atoms with van der Waals surface area (Å²) in [7, 11) is 0. The molecule has 0 bridgehead atoms. The van der Waals surface area contributed by atoms with E-state index in [2.05, 4.69) is 10.3 Å². The van der Waals surface area contributed by atoms with Crippen LogP contribution in [0.3, 0.4) is 0 Å². The lowest BCUT2D eigenvalue weighted by Gasteiger charge is -2.13. The van der Waals surface area contributed by atoms with Gasteiger partial charge in [0.1, 0.15) is 11.6 Å². The summed E-state index contributed by atoms with van der Waals surface area (Å²) in [5, 5.41) is 12.8. The average Bonchev–Trinajstić information content (AvgIpc) is 2.68. The Balaban J connectivity index is 2.17. The molecule has 0 spiro atoms. The smallest absolute Gasteiger partial charge is 0.254 e. The van der Waals surface area contributed by atoms with Crippen LogP contribution in [0.25, 0.3) is 0 Å². The molecular formula is C14H15FN2O2S. The molecule has 1 unspecified atom stereocenters. The van der Waals surface area contributed by atoms with Gasteiger partial charge in [-0.15, -0.1) is 11.3 Å². The Labute approximate surface area is 120 Å². The van der Waals surface area contributed by atoms with Crippen LogP contribution in [0.4, 0.5) is 4.39 Å². The van der Waals surface area contributed by atoms with E-state index >= 15 is 0 Å². The van der Waals surface area contributed by atoms with Gasteiger partial charge in [-0.3, -0.25) is 4.79 Å². The van der Waals surface area contributed by atoms with Crippen molar-refractivity contribution in [2.75, 3.05) is 0 Å². The van der Waals surface area contributed by atoms with E-state index in [1.165, 1.54) is 23.5 Å². The first-order chi connectivity index (χ1) is 9.38. The van der Waals surface area contributed by atoms with Crippen LogP contribution in [0.1, 0.15) is 38.9 Å². The molecule has 0 radical (unpaired) electrons. The summed E-state index contributed by atoms with van der Waals surface area (Å²) in [6.07, 6.45) is 0. The zero-order chi connectivity index (χ0) is 14.9. The molecule has 1 aromatic heterocycles. The number of hydrogen-bond acceptors (Lipinski definition) is 4. The molecule has 20 heavy (non-hydrogen) atoms. The Morgan fingerprint density at radius 3 is 2.70 bits per heavy atom. The minimum absolute atomic E-state index is 0.0893. The van der Waals surface area contributed by atoms with E-state index in [4.69, 9.17) is 5.11 Å². The Morgan fingerprint density at radius 1 is 1.45 bits per heavy atom. The summed E-state index contributed by atoms with van der Waals surface area (Å²) in [4.78, 5) is 17.3. The van der Waals surface area contributed by atoms with Crippen LogP contribution in [0.2, 0.25) is 0 Å². The molecule has 2 N–H and O–H groups in total. The number of aromatic hydroxyl groups is 1. The highest BCUT2D eigenvalue weighted by Crippen LogP contribution is 2.25. The summed E-state index contributed by atoms with van der Waals surface area (Å²) in [5.74, 6) is -1.46. The fourth-order valence-electron chi connectivity index (χ4n) is 1.98. The van der Waals surface area contributed by atoms with Crippen molar-refractivity contribution in [3.63, 3.8) is 0 Å². The molecule has 1 atom stereocenters. The number of thiazole rings is 1. The standard InChI is InChI=1S/C14H15FN2O2S/c1-7-13(20-9(3)16-7)8(2)17-14(19)11-5-4-10(18)6-12(11)15/h4-6,8,18H,1-3H3,(H,17,19). The van der Waals surface area contributed by atoms with Gasteiger partial charge in [0.05, 0.1) is 22.3 Å². The monoisotopic (exact) mass is 294 g/mol. The van der Waals surface area contributed by atoms with E-state index in [-0.39, 0.29) is 17.4 Å². The minimum Gasteiger partial charge on any atom is -0.508 e. The first kappa shape index (κ1) is 14.5. The van der Waals surface area contributed by atoms with E-state index in [0.717, 1.165) is 21.6 Å². The van der Waals surface area contributed by atoms with Gasteiger partial charge in [0, 0.05) is 10.9 Å². The molecule has 2 rings (SSSR count). The first-order valence-corrected chi connectivity index (χ1v) is 6.93. The number of hydrogen-bond donors (Lipinski definition) is 2. The maximum Gasteiger partial charge on any atom is 0.254 e. The van der Waals surface area contributed by atoms with Crippen molar-refractivity contribution in [3.8, 4) is 5.75 Å². The van der Waals surface area contributed by atoms with Gasteiger partial charge in [-0.1, -0.05) is 0 Å². The Bertz CT molecular complexity index is 655. The second kappa shape index (κ2) is 5.58. The number of amides is 1. The zero-order valence-corrected chi connectivity index (χ0v) is 12.2. The summed E-state index contributed by atoms with van der Waals surface area (Å²) < 4.78 is 13.6. The lowest BCUT2D eigenvalue weighted by atomic mass is 10.1. The predicted octanol–water partition coefficient (Wildman–Crippen LogP) is 3.10. The SMILES string of the molecule is Cc1nc(C)c(C(C)NC(=O)c2ccc(O)cc2F)s1. The van der Waals surface area contributed by atoms with Crippen molar-refractivity contribution >= 4 is 17.2 Å². The number of aryl methyl sites for hydroxylation is 2. The molecule has 0 aliphatic heterocycles.